The fraction of sp³-hybridized carbons (Fsp3) is 0.737. The minimum absolute atomic E-state index is 0. The van der Waals surface area contributed by atoms with Crippen LogP contribution in [-0.2, 0) is 59.1 Å². The second-order valence-corrected chi connectivity index (χ2v) is 12.0. The van der Waals surface area contributed by atoms with Gasteiger partial charge in [-0.05, 0) is 12.2 Å². The number of aliphatic hydroxyl groups excluding tert-OH is 2. The van der Waals surface area contributed by atoms with Crippen LogP contribution in [0.3, 0.4) is 0 Å². The Morgan fingerprint density at radius 2 is 0.714 bits per heavy atom. The van der Waals surface area contributed by atoms with E-state index in [-0.39, 0.29) is 55.0 Å². The Morgan fingerprint density at radius 1 is 0.464 bits per heavy atom. The SMILES string of the molecule is C1=CC[N-]C=C1.C1CC[N-]CC1.C1CC[N-]CC1.C1CC[N-]CC1.C1CC[N-]CC1.C1CC[N-]CC1.O.O=C(O)C=CC(=O)O.OC(O)C=CC(O)O.[Ni+3].[Ni+3].[Ni]. The Balaban J connectivity index is -0.000000126. The average Bonchev–Trinajstić information content (AvgIpc) is 3.22. The van der Waals surface area contributed by atoms with Crippen LogP contribution < -0.4 is 0 Å². The van der Waals surface area contributed by atoms with Gasteiger partial charge in [0, 0.05) is 28.6 Å². The van der Waals surface area contributed by atoms with Gasteiger partial charge in [-0.15, -0.1) is 78.1 Å². The van der Waals surface area contributed by atoms with Crippen LogP contribution in [0.5, 0.6) is 0 Å². The van der Waals surface area contributed by atoms with E-state index >= 15 is 0 Å². The summed E-state index contributed by atoms with van der Waals surface area (Å²) < 4.78 is 0. The molecule has 6 aliphatic heterocycles. The predicted molar refractivity (Wildman–Crippen MR) is 215 cm³/mol. The monoisotopic (exact) mass is 928 g/mol. The number of aliphatic carboxylic acids is 2. The van der Waals surface area contributed by atoms with Crippen molar-refractivity contribution in [3.05, 3.63) is 80.6 Å². The van der Waals surface area contributed by atoms with E-state index in [1.54, 1.807) is 6.20 Å². The Bertz CT molecular complexity index is 722. The minimum Gasteiger partial charge on any atom is -0.687 e. The van der Waals surface area contributed by atoms with Crippen molar-refractivity contribution >= 4 is 11.9 Å². The van der Waals surface area contributed by atoms with Gasteiger partial charge in [0.15, 0.2) is 12.6 Å². The van der Waals surface area contributed by atoms with Gasteiger partial charge in [0.25, 0.3) is 0 Å². The van der Waals surface area contributed by atoms with Gasteiger partial charge in [0.1, 0.15) is 0 Å². The molecule has 6 rings (SSSR count). The number of carboxylic acid groups (broad SMARTS) is 2. The number of hydrogen-bond acceptors (Lipinski definition) is 6. The number of rotatable bonds is 4. The molecule has 6 aliphatic rings. The molecule has 0 bridgehead atoms. The van der Waals surface area contributed by atoms with E-state index in [1.807, 2.05) is 18.2 Å². The topological polar surface area (TPSA) is 272 Å². The summed E-state index contributed by atoms with van der Waals surface area (Å²) >= 11 is 0. The summed E-state index contributed by atoms with van der Waals surface area (Å²) in [5.41, 5.74) is 0. The molecule has 0 aromatic heterocycles. The van der Waals surface area contributed by atoms with Crippen molar-refractivity contribution in [1.29, 1.82) is 0 Å². The summed E-state index contributed by atoms with van der Waals surface area (Å²) in [6.45, 7) is 12.1. The van der Waals surface area contributed by atoms with Gasteiger partial charge in [0.2, 0.25) is 0 Å². The van der Waals surface area contributed by atoms with Gasteiger partial charge >= 0.3 is 44.9 Å². The zero-order valence-electron chi connectivity index (χ0n) is 32.8. The van der Waals surface area contributed by atoms with Crippen molar-refractivity contribution in [1.82, 2.24) is 0 Å². The van der Waals surface area contributed by atoms with Crippen molar-refractivity contribution in [2.45, 2.75) is 109 Å². The van der Waals surface area contributed by atoms with Crippen LogP contribution in [0.1, 0.15) is 96.3 Å². The summed E-state index contributed by atoms with van der Waals surface area (Å²) in [5.74, 6) is -2.51. The van der Waals surface area contributed by atoms with E-state index in [4.69, 9.17) is 30.6 Å². The fourth-order valence-corrected chi connectivity index (χ4v) is 4.39. The summed E-state index contributed by atoms with van der Waals surface area (Å²) in [7, 11) is 0. The Hall–Kier alpha value is -1.22. The number of aliphatic hydroxyl groups is 4. The molecule has 0 atom stereocenters. The third-order valence-electron chi connectivity index (χ3n) is 7.14. The molecule has 0 spiro atoms. The number of carbonyl (C=O) groups is 2. The van der Waals surface area contributed by atoms with Crippen molar-refractivity contribution in [2.75, 3.05) is 72.0 Å². The molecule has 5 fully saturated rings. The van der Waals surface area contributed by atoms with Crippen LogP contribution in [0.25, 0.3) is 31.9 Å². The normalized spacial score (nSPS) is 17.8. The number of piperidine rings is 5. The molecule has 336 valence electrons. The van der Waals surface area contributed by atoms with Crippen LogP contribution in [-0.4, -0.2) is 133 Å². The minimum atomic E-state index is -1.61. The van der Waals surface area contributed by atoms with Gasteiger partial charge in [-0.2, -0.15) is 6.20 Å². The van der Waals surface area contributed by atoms with E-state index in [9.17, 15) is 9.59 Å². The van der Waals surface area contributed by atoms with Crippen LogP contribution in [0.2, 0.25) is 0 Å². The van der Waals surface area contributed by atoms with E-state index in [1.165, 1.54) is 96.3 Å². The number of hydrogen-bond donors (Lipinski definition) is 6. The van der Waals surface area contributed by atoms with Crippen molar-refractivity contribution in [2.24, 2.45) is 0 Å². The molecule has 56 heavy (non-hydrogen) atoms. The third kappa shape index (κ3) is 70.6. The first kappa shape index (κ1) is 66.6. The molecule has 2 radical (unpaired) electrons. The first-order chi connectivity index (χ1) is 25.3. The summed E-state index contributed by atoms with van der Waals surface area (Å²) in [5, 5.41) is 72.6. The summed E-state index contributed by atoms with van der Waals surface area (Å²) in [6, 6.07) is 0. The largest absolute Gasteiger partial charge is 3.00 e. The van der Waals surface area contributed by atoms with Crippen LogP contribution in [0, 0.1) is 0 Å². The average molecular weight is 931 g/mol. The maximum Gasteiger partial charge on any atom is 3.00 e. The van der Waals surface area contributed by atoms with Crippen LogP contribution in [0.4, 0.5) is 0 Å². The van der Waals surface area contributed by atoms with Crippen molar-refractivity contribution in [3.8, 4) is 0 Å². The standard InChI is InChI=1S/5C5H10N.C5H6N.C4H8O4.C4H4O4.3Ni.H2O/c6*1-2-4-6-5-3-1;2*5-3(6)1-2-4(7)8;;;;/h5*1-5H2;1-4H,5H2;1-8H;1-2H,(H,5,6)(H,7,8);;;;1H2/q6*-1;;;;2*+3;. The zero-order valence-corrected chi connectivity index (χ0v) is 35.8. The van der Waals surface area contributed by atoms with Gasteiger partial charge in [-0.25, -0.2) is 9.59 Å². The Kier molecular flexibility index (Phi) is 69.1. The first-order valence-electron chi connectivity index (χ1n) is 18.9. The van der Waals surface area contributed by atoms with E-state index in [2.05, 4.69) is 31.9 Å². The molecule has 0 aromatic rings. The van der Waals surface area contributed by atoms with Crippen molar-refractivity contribution < 1.29 is 95.2 Å². The molecule has 15 nitrogen and oxygen atoms in total. The van der Waals surface area contributed by atoms with Gasteiger partial charge in [0.05, 0.1) is 0 Å². The van der Waals surface area contributed by atoms with Crippen LogP contribution >= 0.6 is 0 Å². The Labute approximate surface area is 366 Å². The van der Waals surface area contributed by atoms with Gasteiger partial charge < -0.3 is 68.0 Å². The molecule has 8 N–H and O–H groups in total. The molecule has 18 heteroatoms. The Morgan fingerprint density at radius 3 is 0.786 bits per heavy atom. The number of nitrogens with zero attached hydrogens (tertiary/aromatic N) is 6. The molecular formula is C38H70N6Ni3O9. The second kappa shape index (κ2) is 58.1. The molecule has 5 saturated heterocycles. The van der Waals surface area contributed by atoms with Gasteiger partial charge in [-0.3, -0.25) is 0 Å². The molecular weight excluding hydrogens is 861 g/mol. The number of carboxylic acids is 2. The summed E-state index contributed by atoms with van der Waals surface area (Å²) in [6.07, 6.45) is 27.7. The molecule has 6 heterocycles. The second-order valence-electron chi connectivity index (χ2n) is 12.0. The third-order valence-corrected chi connectivity index (χ3v) is 7.14. The van der Waals surface area contributed by atoms with Crippen LogP contribution in [0.15, 0.2) is 48.7 Å². The fourth-order valence-electron chi connectivity index (χ4n) is 4.39. The molecule has 0 amide bonds. The van der Waals surface area contributed by atoms with Crippen molar-refractivity contribution in [3.63, 3.8) is 0 Å². The van der Waals surface area contributed by atoms with Gasteiger partial charge in [-0.1, -0.05) is 108 Å². The first-order valence-corrected chi connectivity index (χ1v) is 18.9. The smallest absolute Gasteiger partial charge is 0.687 e. The molecule has 0 saturated carbocycles. The van der Waals surface area contributed by atoms with E-state index < -0.39 is 24.5 Å². The van der Waals surface area contributed by atoms with E-state index in [0.717, 1.165) is 84.1 Å². The number of allylic oxidation sites excluding steroid dienone is 2. The quantitative estimate of drug-likeness (QED) is 0.0815. The molecule has 0 aliphatic carbocycles. The van der Waals surface area contributed by atoms with E-state index in [0.29, 0.717) is 12.2 Å². The maximum atomic E-state index is 9.55. The molecule has 0 aromatic carbocycles. The zero-order chi connectivity index (χ0) is 38.6. The maximum absolute atomic E-state index is 9.55. The summed E-state index contributed by atoms with van der Waals surface area (Å²) in [4.78, 5) is 19.1. The molecule has 0 unspecified atom stereocenters. The predicted octanol–water partition coefficient (Wildman–Crippen LogP) is 6.21.